The first-order valence-electron chi connectivity index (χ1n) is 11.4. The summed E-state index contributed by atoms with van der Waals surface area (Å²) < 4.78 is 18.2. The van der Waals surface area contributed by atoms with E-state index in [0.717, 1.165) is 53.4 Å². The van der Waals surface area contributed by atoms with Crippen LogP contribution in [-0.4, -0.2) is 41.3 Å². The highest BCUT2D eigenvalue weighted by Gasteiger charge is 2.23. The molecule has 1 N–H and O–H groups in total. The fraction of sp³-hybridized carbons (Fsp3) is 0.346. The Morgan fingerprint density at radius 2 is 1.79 bits per heavy atom. The molecule has 0 aliphatic carbocycles. The highest BCUT2D eigenvalue weighted by atomic mass is 16.5. The summed E-state index contributed by atoms with van der Waals surface area (Å²) in [6, 6.07) is 13.7. The maximum absolute atomic E-state index is 6.34. The van der Waals surface area contributed by atoms with Crippen LogP contribution in [0.1, 0.15) is 25.5 Å². The number of pyridine rings is 1. The summed E-state index contributed by atoms with van der Waals surface area (Å²) in [6.45, 7) is 6.17. The van der Waals surface area contributed by atoms with Gasteiger partial charge in [-0.25, -0.2) is 9.97 Å². The summed E-state index contributed by atoms with van der Waals surface area (Å²) in [4.78, 5) is 13.4. The monoisotopic (exact) mass is 444 g/mol. The highest BCUT2D eigenvalue weighted by Crippen LogP contribution is 2.37. The van der Waals surface area contributed by atoms with Crippen LogP contribution in [0.25, 0.3) is 21.8 Å². The number of piperidine rings is 1. The van der Waals surface area contributed by atoms with Gasteiger partial charge in [-0.15, -0.1) is 0 Å². The number of benzene rings is 2. The van der Waals surface area contributed by atoms with Crippen LogP contribution in [0.4, 0.5) is 0 Å². The normalized spacial score (nSPS) is 15.5. The second-order valence-electron chi connectivity index (χ2n) is 8.52. The largest absolute Gasteiger partial charge is 0.493 e. The Balaban J connectivity index is 1.45. The highest BCUT2D eigenvalue weighted by molar-refractivity contribution is 5.87. The molecule has 7 nitrogen and oxygen atoms in total. The summed E-state index contributed by atoms with van der Waals surface area (Å²) in [5.74, 6) is 2.97. The Morgan fingerprint density at radius 1 is 0.970 bits per heavy atom. The SMILES string of the molecule is COc1cc2c(Oc3ccc4ccc(C)nc4c3)ncnc2cc1OC(C)C1CCNCC1. The van der Waals surface area contributed by atoms with Gasteiger partial charge in [-0.2, -0.15) is 0 Å². The Labute approximate surface area is 193 Å². The number of rotatable bonds is 6. The molecule has 1 aliphatic rings. The molecule has 0 spiro atoms. The van der Waals surface area contributed by atoms with Gasteiger partial charge in [-0.1, -0.05) is 6.07 Å². The Hall–Kier alpha value is -3.45. The topological polar surface area (TPSA) is 78.4 Å². The summed E-state index contributed by atoms with van der Waals surface area (Å²) in [5, 5.41) is 5.22. The van der Waals surface area contributed by atoms with E-state index >= 15 is 0 Å². The van der Waals surface area contributed by atoms with E-state index in [1.165, 1.54) is 6.33 Å². The van der Waals surface area contributed by atoms with Crippen LogP contribution in [0.3, 0.4) is 0 Å². The second kappa shape index (κ2) is 9.19. The summed E-state index contributed by atoms with van der Waals surface area (Å²) in [5.41, 5.74) is 2.58. The number of aromatic nitrogens is 3. The standard InChI is InChI=1S/C26H28N4O3/c1-16-4-5-19-6-7-20(12-22(19)30-16)33-26-21-13-24(31-3)25(14-23(21)28-15-29-26)32-17(2)18-8-10-27-11-9-18/h4-7,12-15,17-18,27H,8-11H2,1-3H3. The molecule has 1 aliphatic heterocycles. The summed E-state index contributed by atoms with van der Waals surface area (Å²) in [7, 11) is 1.64. The van der Waals surface area contributed by atoms with E-state index in [1.807, 2.05) is 43.3 Å². The number of nitrogens with one attached hydrogen (secondary N) is 1. The van der Waals surface area contributed by atoms with Gasteiger partial charge in [0.2, 0.25) is 5.88 Å². The number of nitrogens with zero attached hydrogens (tertiary/aromatic N) is 3. The van der Waals surface area contributed by atoms with Gasteiger partial charge in [-0.05, 0) is 70.0 Å². The first-order valence-corrected chi connectivity index (χ1v) is 11.4. The number of methoxy groups -OCH3 is 1. The molecule has 1 fully saturated rings. The number of hydrogen-bond donors (Lipinski definition) is 1. The van der Waals surface area contributed by atoms with Crippen molar-refractivity contribution in [1.29, 1.82) is 0 Å². The molecular formula is C26H28N4O3. The average Bonchev–Trinajstić information content (AvgIpc) is 2.84. The van der Waals surface area contributed by atoms with Gasteiger partial charge >= 0.3 is 0 Å². The van der Waals surface area contributed by atoms with E-state index in [2.05, 4.69) is 33.3 Å². The fourth-order valence-electron chi connectivity index (χ4n) is 4.36. The van der Waals surface area contributed by atoms with Crippen molar-refractivity contribution in [3.05, 3.63) is 54.5 Å². The third-order valence-corrected chi connectivity index (χ3v) is 6.26. The lowest BCUT2D eigenvalue weighted by Gasteiger charge is -2.29. The minimum atomic E-state index is 0.0876. The molecule has 4 aromatic rings. The van der Waals surface area contributed by atoms with E-state index in [4.69, 9.17) is 14.2 Å². The summed E-state index contributed by atoms with van der Waals surface area (Å²) in [6.07, 6.45) is 3.81. The average molecular weight is 445 g/mol. The van der Waals surface area contributed by atoms with Gasteiger partial charge in [0.15, 0.2) is 11.5 Å². The molecule has 2 aromatic carbocycles. The van der Waals surface area contributed by atoms with Gasteiger partial charge in [0, 0.05) is 23.2 Å². The van der Waals surface area contributed by atoms with E-state index in [-0.39, 0.29) is 6.10 Å². The van der Waals surface area contributed by atoms with E-state index in [1.54, 1.807) is 7.11 Å². The van der Waals surface area contributed by atoms with Crippen LogP contribution in [0.5, 0.6) is 23.1 Å². The molecule has 0 radical (unpaired) electrons. The molecule has 3 heterocycles. The first-order chi connectivity index (χ1) is 16.1. The first kappa shape index (κ1) is 21.4. The van der Waals surface area contributed by atoms with Gasteiger partial charge in [0.05, 0.1) is 29.6 Å². The van der Waals surface area contributed by atoms with Crippen molar-refractivity contribution in [2.24, 2.45) is 5.92 Å². The van der Waals surface area contributed by atoms with Crippen LogP contribution >= 0.6 is 0 Å². The molecule has 0 amide bonds. The van der Waals surface area contributed by atoms with Crippen molar-refractivity contribution < 1.29 is 14.2 Å². The number of hydrogen-bond acceptors (Lipinski definition) is 7. The number of ether oxygens (including phenoxy) is 3. The molecule has 0 bridgehead atoms. The summed E-state index contributed by atoms with van der Waals surface area (Å²) >= 11 is 0. The third-order valence-electron chi connectivity index (χ3n) is 6.26. The Kier molecular flexibility index (Phi) is 5.96. The van der Waals surface area contributed by atoms with E-state index in [9.17, 15) is 0 Å². The predicted molar refractivity (Wildman–Crippen MR) is 128 cm³/mol. The quantitative estimate of drug-likeness (QED) is 0.446. The molecule has 7 heteroatoms. The van der Waals surface area contributed by atoms with Gasteiger partial charge in [-0.3, -0.25) is 4.98 Å². The fourth-order valence-corrected chi connectivity index (χ4v) is 4.36. The number of aryl methyl sites for hydroxylation is 1. The van der Waals surface area contributed by atoms with Gasteiger partial charge in [0.1, 0.15) is 12.1 Å². The molecular weight excluding hydrogens is 416 g/mol. The lowest BCUT2D eigenvalue weighted by Crippen LogP contribution is -2.35. The van der Waals surface area contributed by atoms with Gasteiger partial charge in [0.25, 0.3) is 0 Å². The second-order valence-corrected chi connectivity index (χ2v) is 8.52. The van der Waals surface area contributed by atoms with Gasteiger partial charge < -0.3 is 19.5 Å². The van der Waals surface area contributed by atoms with E-state index < -0.39 is 0 Å². The number of fused-ring (bicyclic) bond motifs is 2. The Bertz CT molecular complexity index is 1290. The Morgan fingerprint density at radius 3 is 2.61 bits per heavy atom. The molecule has 0 saturated carbocycles. The minimum absolute atomic E-state index is 0.0876. The van der Waals surface area contributed by atoms with Crippen LogP contribution in [0.2, 0.25) is 0 Å². The van der Waals surface area contributed by atoms with Crippen LogP contribution in [0.15, 0.2) is 48.8 Å². The molecule has 1 unspecified atom stereocenters. The smallest absolute Gasteiger partial charge is 0.230 e. The van der Waals surface area contributed by atoms with Crippen molar-refractivity contribution in [3.8, 4) is 23.1 Å². The minimum Gasteiger partial charge on any atom is -0.493 e. The molecule has 170 valence electrons. The van der Waals surface area contributed by atoms with Crippen LogP contribution in [0, 0.1) is 12.8 Å². The van der Waals surface area contributed by atoms with Crippen molar-refractivity contribution >= 4 is 21.8 Å². The molecule has 5 rings (SSSR count). The van der Waals surface area contributed by atoms with E-state index in [0.29, 0.717) is 29.0 Å². The van der Waals surface area contributed by atoms with Crippen molar-refractivity contribution in [2.75, 3.05) is 20.2 Å². The molecule has 2 aromatic heterocycles. The van der Waals surface area contributed by atoms with Crippen LogP contribution in [-0.2, 0) is 0 Å². The lowest BCUT2D eigenvalue weighted by molar-refractivity contribution is 0.124. The zero-order valence-electron chi connectivity index (χ0n) is 19.2. The maximum Gasteiger partial charge on any atom is 0.230 e. The maximum atomic E-state index is 6.34. The molecule has 1 saturated heterocycles. The van der Waals surface area contributed by atoms with Crippen molar-refractivity contribution in [3.63, 3.8) is 0 Å². The molecule has 33 heavy (non-hydrogen) atoms. The third kappa shape index (κ3) is 4.54. The van der Waals surface area contributed by atoms with Crippen LogP contribution < -0.4 is 19.5 Å². The molecule has 1 atom stereocenters. The predicted octanol–water partition coefficient (Wildman–Crippen LogP) is 5.05. The van der Waals surface area contributed by atoms with Crippen molar-refractivity contribution in [1.82, 2.24) is 20.3 Å². The zero-order chi connectivity index (χ0) is 22.8. The zero-order valence-corrected chi connectivity index (χ0v) is 19.2. The lowest BCUT2D eigenvalue weighted by atomic mass is 9.93. The van der Waals surface area contributed by atoms with Crippen molar-refractivity contribution in [2.45, 2.75) is 32.8 Å².